The van der Waals surface area contributed by atoms with E-state index in [-0.39, 0.29) is 0 Å². The maximum absolute atomic E-state index is 3.77. The molecule has 0 bridgehead atoms. The minimum absolute atomic E-state index is 0.519. The van der Waals surface area contributed by atoms with Crippen molar-refractivity contribution in [3.05, 3.63) is 34.9 Å². The van der Waals surface area contributed by atoms with Crippen LogP contribution in [0.25, 0.3) is 0 Å². The van der Waals surface area contributed by atoms with Crippen LogP contribution in [0.5, 0.6) is 0 Å². The zero-order chi connectivity index (χ0) is 15.7. The summed E-state index contributed by atoms with van der Waals surface area (Å²) in [5.41, 5.74) is 4.28. The lowest BCUT2D eigenvalue weighted by Gasteiger charge is -2.25. The van der Waals surface area contributed by atoms with Crippen molar-refractivity contribution >= 4 is 0 Å². The molecule has 0 aliphatic rings. The Balaban J connectivity index is 2.80. The summed E-state index contributed by atoms with van der Waals surface area (Å²) in [6, 6.07) is 7.50. The molecule has 21 heavy (non-hydrogen) atoms. The first-order valence-corrected chi connectivity index (χ1v) is 8.92. The molecule has 0 aromatic heterocycles. The molecule has 0 saturated carbocycles. The van der Waals surface area contributed by atoms with Gasteiger partial charge in [-0.15, -0.1) is 0 Å². The van der Waals surface area contributed by atoms with Crippen molar-refractivity contribution < 1.29 is 0 Å². The molecule has 0 heterocycles. The number of aryl methyl sites for hydroxylation is 2. The van der Waals surface area contributed by atoms with Gasteiger partial charge < -0.3 is 5.32 Å². The molecule has 0 radical (unpaired) electrons. The highest BCUT2D eigenvalue weighted by atomic mass is 14.9. The predicted octanol–water partition coefficient (Wildman–Crippen LogP) is 5.95. The van der Waals surface area contributed by atoms with E-state index >= 15 is 0 Å². The molecular weight excluding hydrogens is 254 g/mol. The van der Waals surface area contributed by atoms with Crippen LogP contribution in [0.3, 0.4) is 0 Å². The van der Waals surface area contributed by atoms with Crippen molar-refractivity contribution in [1.82, 2.24) is 5.32 Å². The molecule has 0 saturated heterocycles. The van der Waals surface area contributed by atoms with E-state index in [1.165, 1.54) is 55.2 Å². The van der Waals surface area contributed by atoms with Crippen LogP contribution in [0.2, 0.25) is 0 Å². The summed E-state index contributed by atoms with van der Waals surface area (Å²) < 4.78 is 0. The molecule has 1 N–H and O–H groups in total. The molecule has 1 rings (SSSR count). The minimum Gasteiger partial charge on any atom is -0.310 e. The molecule has 0 spiro atoms. The Hall–Kier alpha value is -0.820. The van der Waals surface area contributed by atoms with E-state index in [2.05, 4.69) is 58.1 Å². The molecule has 2 unspecified atom stereocenters. The van der Waals surface area contributed by atoms with Gasteiger partial charge in [-0.2, -0.15) is 0 Å². The monoisotopic (exact) mass is 289 g/mol. The topological polar surface area (TPSA) is 12.0 Å². The van der Waals surface area contributed by atoms with E-state index < -0.39 is 0 Å². The summed E-state index contributed by atoms with van der Waals surface area (Å²) in [5.74, 6) is 0.848. The second-order valence-corrected chi connectivity index (χ2v) is 6.50. The Morgan fingerprint density at radius 2 is 1.76 bits per heavy atom. The Morgan fingerprint density at radius 3 is 2.33 bits per heavy atom. The maximum Gasteiger partial charge on any atom is 0.0322 e. The summed E-state index contributed by atoms with van der Waals surface area (Å²) in [7, 11) is 0. The summed E-state index contributed by atoms with van der Waals surface area (Å²) in [5, 5.41) is 3.77. The molecule has 0 amide bonds. The molecule has 0 aliphatic carbocycles. The van der Waals surface area contributed by atoms with E-state index in [0.29, 0.717) is 6.04 Å². The molecule has 0 aliphatic heterocycles. The standard InChI is InChI=1S/C20H35N/c1-6-9-10-18(8-3)15-20(21-13-7-2)19-12-11-16(4)17(5)14-19/h11-12,14,18,20-21H,6-10,13,15H2,1-5H3. The number of rotatable bonds is 10. The molecular formula is C20H35N. The second kappa shape index (κ2) is 10.00. The predicted molar refractivity (Wildman–Crippen MR) is 94.9 cm³/mol. The normalized spacial score (nSPS) is 14.1. The van der Waals surface area contributed by atoms with Gasteiger partial charge in [0.1, 0.15) is 0 Å². The maximum atomic E-state index is 3.77. The van der Waals surface area contributed by atoms with Crippen molar-refractivity contribution in [2.75, 3.05) is 6.54 Å². The fourth-order valence-electron chi connectivity index (χ4n) is 2.95. The lowest BCUT2D eigenvalue weighted by atomic mass is 9.88. The van der Waals surface area contributed by atoms with Gasteiger partial charge in [0.25, 0.3) is 0 Å². The Morgan fingerprint density at radius 1 is 1.00 bits per heavy atom. The summed E-state index contributed by atoms with van der Waals surface area (Å²) in [4.78, 5) is 0. The first-order chi connectivity index (χ1) is 10.1. The van der Waals surface area contributed by atoms with Gasteiger partial charge in [0.2, 0.25) is 0 Å². The average molecular weight is 290 g/mol. The number of unbranched alkanes of at least 4 members (excludes halogenated alkanes) is 1. The fourth-order valence-corrected chi connectivity index (χ4v) is 2.95. The van der Waals surface area contributed by atoms with E-state index in [9.17, 15) is 0 Å². The largest absolute Gasteiger partial charge is 0.310 e. The lowest BCUT2D eigenvalue weighted by molar-refractivity contribution is 0.353. The highest BCUT2D eigenvalue weighted by molar-refractivity contribution is 5.31. The zero-order valence-electron chi connectivity index (χ0n) is 14.8. The first-order valence-electron chi connectivity index (χ1n) is 8.92. The quantitative estimate of drug-likeness (QED) is 0.561. The van der Waals surface area contributed by atoms with Crippen molar-refractivity contribution in [2.45, 2.75) is 79.2 Å². The number of benzene rings is 1. The van der Waals surface area contributed by atoms with E-state index in [1.54, 1.807) is 0 Å². The number of nitrogens with one attached hydrogen (secondary N) is 1. The number of hydrogen-bond donors (Lipinski definition) is 1. The third-order valence-corrected chi connectivity index (χ3v) is 4.69. The van der Waals surface area contributed by atoms with Crippen LogP contribution in [-0.2, 0) is 0 Å². The van der Waals surface area contributed by atoms with Crippen LogP contribution in [-0.4, -0.2) is 6.54 Å². The average Bonchev–Trinajstić information content (AvgIpc) is 2.49. The fraction of sp³-hybridized carbons (Fsp3) is 0.700. The third-order valence-electron chi connectivity index (χ3n) is 4.69. The summed E-state index contributed by atoms with van der Waals surface area (Å²) in [6.07, 6.45) is 7.84. The lowest BCUT2D eigenvalue weighted by Crippen LogP contribution is -2.24. The summed E-state index contributed by atoms with van der Waals surface area (Å²) >= 11 is 0. The van der Waals surface area contributed by atoms with Gasteiger partial charge in [-0.3, -0.25) is 0 Å². The highest BCUT2D eigenvalue weighted by Crippen LogP contribution is 2.28. The van der Waals surface area contributed by atoms with E-state index in [4.69, 9.17) is 0 Å². The third kappa shape index (κ3) is 6.22. The highest BCUT2D eigenvalue weighted by Gasteiger charge is 2.16. The van der Waals surface area contributed by atoms with Crippen LogP contribution in [0.15, 0.2) is 18.2 Å². The SMILES string of the molecule is CCCCC(CC)CC(NCCC)c1ccc(C)c(C)c1. The molecule has 1 aromatic carbocycles. The zero-order valence-corrected chi connectivity index (χ0v) is 14.8. The van der Waals surface area contributed by atoms with Gasteiger partial charge in [-0.25, -0.2) is 0 Å². The summed E-state index contributed by atoms with van der Waals surface area (Å²) in [6.45, 7) is 12.4. The van der Waals surface area contributed by atoms with Crippen LogP contribution in [0.1, 0.15) is 82.0 Å². The molecule has 1 nitrogen and oxygen atoms in total. The van der Waals surface area contributed by atoms with Gasteiger partial charge in [0.05, 0.1) is 0 Å². The van der Waals surface area contributed by atoms with Crippen molar-refractivity contribution in [3.63, 3.8) is 0 Å². The van der Waals surface area contributed by atoms with Crippen LogP contribution >= 0.6 is 0 Å². The smallest absolute Gasteiger partial charge is 0.0322 e. The Kier molecular flexibility index (Phi) is 8.68. The van der Waals surface area contributed by atoms with Crippen molar-refractivity contribution in [1.29, 1.82) is 0 Å². The first kappa shape index (κ1) is 18.2. The number of hydrogen-bond acceptors (Lipinski definition) is 1. The van der Waals surface area contributed by atoms with Gasteiger partial charge in [-0.05, 0) is 55.8 Å². The van der Waals surface area contributed by atoms with Crippen molar-refractivity contribution in [3.8, 4) is 0 Å². The minimum atomic E-state index is 0.519. The van der Waals surface area contributed by atoms with Gasteiger partial charge in [0.15, 0.2) is 0 Å². The van der Waals surface area contributed by atoms with Crippen LogP contribution < -0.4 is 5.32 Å². The van der Waals surface area contributed by atoms with Gasteiger partial charge in [0, 0.05) is 6.04 Å². The molecule has 1 heteroatoms. The second-order valence-electron chi connectivity index (χ2n) is 6.50. The van der Waals surface area contributed by atoms with Crippen molar-refractivity contribution in [2.24, 2.45) is 5.92 Å². The van der Waals surface area contributed by atoms with E-state index in [0.717, 1.165) is 12.5 Å². The van der Waals surface area contributed by atoms with Crippen LogP contribution in [0, 0.1) is 19.8 Å². The molecule has 120 valence electrons. The molecule has 2 atom stereocenters. The molecule has 1 aromatic rings. The Labute approximate surface area is 132 Å². The molecule has 0 fully saturated rings. The van der Waals surface area contributed by atoms with E-state index in [1.807, 2.05) is 0 Å². The Bertz CT molecular complexity index is 397. The van der Waals surface area contributed by atoms with Gasteiger partial charge >= 0.3 is 0 Å². The van der Waals surface area contributed by atoms with Gasteiger partial charge in [-0.1, -0.05) is 64.7 Å². The van der Waals surface area contributed by atoms with Crippen LogP contribution in [0.4, 0.5) is 0 Å².